The molecule has 2 amide bonds. The highest BCUT2D eigenvalue weighted by Gasteiger charge is 2.46. The number of anilines is 2. The molecule has 0 aliphatic carbocycles. The molecule has 3 aromatic rings. The first-order chi connectivity index (χ1) is 18.0. The van der Waals surface area contributed by atoms with Crippen molar-refractivity contribution in [3.8, 4) is 10.6 Å². The van der Waals surface area contributed by atoms with E-state index in [9.17, 15) is 27.9 Å². The minimum atomic E-state index is -4.92. The predicted molar refractivity (Wildman–Crippen MR) is 136 cm³/mol. The lowest BCUT2D eigenvalue weighted by atomic mass is 9.96. The van der Waals surface area contributed by atoms with Crippen molar-refractivity contribution < 1.29 is 27.9 Å². The van der Waals surface area contributed by atoms with Gasteiger partial charge in [0.1, 0.15) is 16.9 Å². The molecular weight excluding hydrogens is 541 g/mol. The van der Waals surface area contributed by atoms with Gasteiger partial charge in [-0.1, -0.05) is 0 Å². The van der Waals surface area contributed by atoms with Gasteiger partial charge >= 0.3 is 12.1 Å². The van der Waals surface area contributed by atoms with Gasteiger partial charge in [-0.25, -0.2) is 15.0 Å². The van der Waals surface area contributed by atoms with Crippen molar-refractivity contribution in [3.05, 3.63) is 40.0 Å². The van der Waals surface area contributed by atoms with Crippen molar-refractivity contribution in [2.45, 2.75) is 69.9 Å². The van der Waals surface area contributed by atoms with E-state index >= 15 is 0 Å². The zero-order valence-electron chi connectivity index (χ0n) is 20.5. The standard InChI is InChI=1S/C24H25F3N6O3S2/c1-11-19(38-20(29-11)12(2)34)17-10-37-23(31-17)32-18-6-3-13(9-28-18)21(35)33-15-4-5-16(33)8-14(7-15)30-22(36)24(25,26)27/h3,6,9-10,12,14-16,34H,4-5,7-8H2,1-2H3,(H,30,36)(H,28,31,32)/t12?,14?,15-,16+. The molecule has 38 heavy (non-hydrogen) atoms. The first-order valence-corrected chi connectivity index (χ1v) is 13.7. The quantitative estimate of drug-likeness (QED) is 0.400. The smallest absolute Gasteiger partial charge is 0.386 e. The van der Waals surface area contributed by atoms with Gasteiger partial charge in [0.25, 0.3) is 5.91 Å². The third-order valence-electron chi connectivity index (χ3n) is 6.71. The summed E-state index contributed by atoms with van der Waals surface area (Å²) in [5.74, 6) is -1.65. The minimum absolute atomic E-state index is 0.219. The number of halogens is 3. The number of aliphatic hydroxyl groups excluding tert-OH is 1. The van der Waals surface area contributed by atoms with E-state index in [2.05, 4.69) is 25.6 Å². The number of amides is 2. The molecule has 2 unspecified atom stereocenters. The van der Waals surface area contributed by atoms with Crippen molar-refractivity contribution in [2.24, 2.45) is 0 Å². The average molecular weight is 567 g/mol. The summed E-state index contributed by atoms with van der Waals surface area (Å²) in [6.45, 7) is 3.54. The fourth-order valence-electron chi connectivity index (χ4n) is 5.02. The summed E-state index contributed by atoms with van der Waals surface area (Å²) >= 11 is 2.79. The summed E-state index contributed by atoms with van der Waals surface area (Å²) in [5.41, 5.74) is 1.93. The Bertz CT molecular complexity index is 1330. The van der Waals surface area contributed by atoms with Crippen LogP contribution in [-0.2, 0) is 4.79 Å². The van der Waals surface area contributed by atoms with Crippen LogP contribution in [0, 0.1) is 6.92 Å². The molecule has 2 fully saturated rings. The minimum Gasteiger partial charge on any atom is -0.386 e. The van der Waals surface area contributed by atoms with Crippen molar-refractivity contribution in [1.82, 2.24) is 25.2 Å². The maximum atomic E-state index is 13.2. The highest BCUT2D eigenvalue weighted by atomic mass is 32.1. The molecular formula is C24H25F3N6O3S2. The highest BCUT2D eigenvalue weighted by molar-refractivity contribution is 7.17. The second-order valence-electron chi connectivity index (χ2n) is 9.47. The number of fused-ring (bicyclic) bond motifs is 2. The maximum absolute atomic E-state index is 13.2. The molecule has 0 spiro atoms. The summed E-state index contributed by atoms with van der Waals surface area (Å²) in [5, 5.41) is 18.1. The normalized spacial score (nSPS) is 21.8. The summed E-state index contributed by atoms with van der Waals surface area (Å²) in [4.78, 5) is 40.5. The second-order valence-corrected chi connectivity index (χ2v) is 11.4. The van der Waals surface area contributed by atoms with Gasteiger partial charge in [-0.05, 0) is 51.7 Å². The lowest BCUT2D eigenvalue weighted by Crippen LogP contribution is -2.54. The number of aliphatic hydroxyl groups is 1. The average Bonchev–Trinajstić information content (AvgIpc) is 3.54. The van der Waals surface area contributed by atoms with Gasteiger partial charge in [-0.2, -0.15) is 13.2 Å². The number of aromatic nitrogens is 3. The summed E-state index contributed by atoms with van der Waals surface area (Å²) in [6, 6.07) is 2.28. The molecule has 5 rings (SSSR count). The van der Waals surface area contributed by atoms with Gasteiger partial charge < -0.3 is 20.6 Å². The molecule has 3 aromatic heterocycles. The van der Waals surface area contributed by atoms with Crippen LogP contribution >= 0.6 is 22.7 Å². The van der Waals surface area contributed by atoms with Crippen molar-refractivity contribution >= 4 is 45.4 Å². The number of aryl methyl sites for hydroxylation is 1. The molecule has 0 aromatic carbocycles. The summed E-state index contributed by atoms with van der Waals surface area (Å²) in [7, 11) is 0. The number of hydrogen-bond acceptors (Lipinski definition) is 9. The van der Waals surface area contributed by atoms with Crippen molar-refractivity contribution in [1.29, 1.82) is 0 Å². The SMILES string of the molecule is Cc1nc(C(C)O)sc1-c1csc(Nc2ccc(C(=O)N3[C@@H]4CC[C@H]3CC(NC(=O)C(F)(F)F)C4)cn2)n1. The molecule has 9 nitrogen and oxygen atoms in total. The molecule has 4 atom stereocenters. The van der Waals surface area contributed by atoms with E-state index < -0.39 is 24.2 Å². The second kappa shape index (κ2) is 10.2. The molecule has 202 valence electrons. The van der Waals surface area contributed by atoms with E-state index in [4.69, 9.17) is 0 Å². The number of thiazole rings is 2. The molecule has 14 heteroatoms. The van der Waals surface area contributed by atoms with E-state index in [1.807, 2.05) is 12.3 Å². The number of hydrogen-bond donors (Lipinski definition) is 3. The number of rotatable bonds is 6. The summed E-state index contributed by atoms with van der Waals surface area (Å²) in [6.07, 6.45) is -2.14. The number of nitrogens with zero attached hydrogens (tertiary/aromatic N) is 4. The lowest BCUT2D eigenvalue weighted by molar-refractivity contribution is -0.174. The van der Waals surface area contributed by atoms with Crippen LogP contribution in [0.3, 0.4) is 0 Å². The number of carbonyl (C=O) groups is 2. The topological polar surface area (TPSA) is 120 Å². The van der Waals surface area contributed by atoms with E-state index in [1.54, 1.807) is 24.0 Å². The van der Waals surface area contributed by atoms with Crippen LogP contribution in [0.1, 0.15) is 59.8 Å². The van der Waals surface area contributed by atoms with E-state index in [-0.39, 0.29) is 18.0 Å². The van der Waals surface area contributed by atoms with Gasteiger partial charge in [0.15, 0.2) is 5.13 Å². The van der Waals surface area contributed by atoms with Crippen LogP contribution in [-0.4, -0.2) is 61.1 Å². The monoisotopic (exact) mass is 566 g/mol. The van der Waals surface area contributed by atoms with Crippen LogP contribution in [0.4, 0.5) is 24.1 Å². The first-order valence-electron chi connectivity index (χ1n) is 12.0. The van der Waals surface area contributed by atoms with E-state index in [0.717, 1.165) is 16.3 Å². The number of pyridine rings is 1. The molecule has 2 bridgehead atoms. The molecule has 3 N–H and O–H groups in total. The molecule has 2 aliphatic heterocycles. The van der Waals surface area contributed by atoms with Gasteiger partial charge in [-0.3, -0.25) is 9.59 Å². The van der Waals surface area contributed by atoms with Gasteiger partial charge in [0.2, 0.25) is 0 Å². The molecule has 0 saturated carbocycles. The van der Waals surface area contributed by atoms with Gasteiger partial charge in [-0.15, -0.1) is 22.7 Å². The number of alkyl halides is 3. The molecule has 2 aliphatic rings. The Kier molecular flexibility index (Phi) is 7.13. The Labute approximate surface area is 224 Å². The Hall–Kier alpha value is -3.10. The third-order valence-corrected chi connectivity index (χ3v) is 8.82. The maximum Gasteiger partial charge on any atom is 0.471 e. The van der Waals surface area contributed by atoms with Crippen LogP contribution in [0.5, 0.6) is 0 Å². The van der Waals surface area contributed by atoms with Crippen LogP contribution in [0.2, 0.25) is 0 Å². The van der Waals surface area contributed by atoms with Gasteiger partial charge in [0.05, 0.1) is 21.8 Å². The van der Waals surface area contributed by atoms with Crippen molar-refractivity contribution in [3.63, 3.8) is 0 Å². The number of nitrogens with one attached hydrogen (secondary N) is 2. The van der Waals surface area contributed by atoms with Gasteiger partial charge in [0, 0.05) is 29.7 Å². The third kappa shape index (κ3) is 5.38. The van der Waals surface area contributed by atoms with Crippen molar-refractivity contribution in [2.75, 3.05) is 5.32 Å². The fraction of sp³-hybridized carbons (Fsp3) is 0.458. The fourth-order valence-corrected chi connectivity index (χ4v) is 6.76. The molecule has 2 saturated heterocycles. The Morgan fingerprint density at radius 3 is 2.47 bits per heavy atom. The molecule has 5 heterocycles. The molecule has 0 radical (unpaired) electrons. The highest BCUT2D eigenvalue weighted by Crippen LogP contribution is 2.38. The number of piperidine rings is 1. The predicted octanol–water partition coefficient (Wildman–Crippen LogP) is 4.58. The zero-order valence-corrected chi connectivity index (χ0v) is 22.1. The Balaban J connectivity index is 1.22. The lowest BCUT2D eigenvalue weighted by Gasteiger charge is -2.39. The summed E-state index contributed by atoms with van der Waals surface area (Å²) < 4.78 is 37.9. The largest absolute Gasteiger partial charge is 0.471 e. The van der Waals surface area contributed by atoms with Crippen LogP contribution in [0.15, 0.2) is 23.7 Å². The first kappa shape index (κ1) is 26.5. The van der Waals surface area contributed by atoms with Crippen LogP contribution in [0.25, 0.3) is 10.6 Å². The Morgan fingerprint density at radius 2 is 1.89 bits per heavy atom. The van der Waals surface area contributed by atoms with E-state index in [1.165, 1.54) is 28.9 Å². The Morgan fingerprint density at radius 1 is 1.18 bits per heavy atom. The zero-order chi connectivity index (χ0) is 27.2. The number of carbonyl (C=O) groups excluding carboxylic acids is 2. The van der Waals surface area contributed by atoms with E-state index in [0.29, 0.717) is 47.2 Å². The van der Waals surface area contributed by atoms with Crippen LogP contribution < -0.4 is 10.6 Å².